The van der Waals surface area contributed by atoms with E-state index < -0.39 is 0 Å². The van der Waals surface area contributed by atoms with E-state index in [4.69, 9.17) is 25.5 Å². The first-order valence-electron chi connectivity index (χ1n) is 12.1. The first-order valence-corrected chi connectivity index (χ1v) is 12.1. The van der Waals surface area contributed by atoms with Gasteiger partial charge in [0.15, 0.2) is 5.82 Å². The van der Waals surface area contributed by atoms with E-state index in [-0.39, 0.29) is 23.5 Å². The van der Waals surface area contributed by atoms with Crippen molar-refractivity contribution in [1.29, 1.82) is 5.41 Å². The largest absolute Gasteiger partial charge is 0.472 e. The van der Waals surface area contributed by atoms with Gasteiger partial charge in [-0.05, 0) is 47.9 Å². The van der Waals surface area contributed by atoms with Crippen LogP contribution in [0.15, 0.2) is 83.3 Å². The summed E-state index contributed by atoms with van der Waals surface area (Å²) in [6.45, 7) is 5.76. The molecule has 8 heteroatoms. The number of para-hydroxylation sites is 1. The Morgan fingerprint density at radius 2 is 2.03 bits per heavy atom. The predicted octanol–water partition coefficient (Wildman–Crippen LogP) is 5.46. The number of nitrogens with two attached hydrogens (primary N) is 1. The van der Waals surface area contributed by atoms with Crippen LogP contribution in [0.5, 0.6) is 0 Å². The summed E-state index contributed by atoms with van der Waals surface area (Å²) in [6, 6.07) is 11.3. The second-order valence-electron chi connectivity index (χ2n) is 9.39. The molecule has 0 fully saturated rings. The Bertz CT molecular complexity index is 1590. The first kappa shape index (κ1) is 24.0. The minimum Gasteiger partial charge on any atom is -0.472 e. The summed E-state index contributed by atoms with van der Waals surface area (Å²) in [6.07, 6.45) is 11.2. The van der Waals surface area contributed by atoms with Gasteiger partial charge >= 0.3 is 0 Å². The van der Waals surface area contributed by atoms with Crippen LogP contribution in [0, 0.1) is 17.2 Å². The number of pyridine rings is 1. The van der Waals surface area contributed by atoms with E-state index in [1.54, 1.807) is 18.6 Å². The van der Waals surface area contributed by atoms with Gasteiger partial charge < -0.3 is 20.5 Å². The number of aromatic nitrogens is 3. The molecule has 1 aromatic carbocycles. The molecule has 0 saturated heterocycles. The average Bonchev–Trinajstić information content (AvgIpc) is 3.53. The third-order valence-electron chi connectivity index (χ3n) is 6.17. The van der Waals surface area contributed by atoms with Gasteiger partial charge in [-0.1, -0.05) is 45.1 Å². The minimum absolute atomic E-state index is 0.0581. The molecule has 3 aromatic heterocycles. The van der Waals surface area contributed by atoms with Gasteiger partial charge in [-0.15, -0.1) is 0 Å². The number of hydrogen-bond donors (Lipinski definition) is 4. The molecule has 5 rings (SSSR count). The normalized spacial score (nSPS) is 15.4. The van der Waals surface area contributed by atoms with Gasteiger partial charge in [-0.3, -0.25) is 10.2 Å². The number of benzene rings is 1. The van der Waals surface area contributed by atoms with Crippen molar-refractivity contribution in [2.45, 2.75) is 20.8 Å². The molecule has 0 saturated carbocycles. The second-order valence-corrected chi connectivity index (χ2v) is 9.39. The third-order valence-corrected chi connectivity index (χ3v) is 6.17. The molecule has 1 aliphatic rings. The van der Waals surface area contributed by atoms with E-state index in [1.165, 1.54) is 0 Å². The molecule has 0 bridgehead atoms. The van der Waals surface area contributed by atoms with Crippen LogP contribution in [0.25, 0.3) is 27.7 Å². The van der Waals surface area contributed by atoms with E-state index in [9.17, 15) is 4.79 Å². The summed E-state index contributed by atoms with van der Waals surface area (Å²) in [5.41, 5.74) is 12.6. The Morgan fingerprint density at radius 1 is 1.19 bits per heavy atom. The Labute approximate surface area is 214 Å². The predicted molar refractivity (Wildman–Crippen MR) is 146 cm³/mol. The SMILES string of the molecule is CC(C)C(=O)NC1=CC(c2ccc(N)c(C(=N)c3nc4c(-c5ccoc5)cccc4[nH]3)n2)=C[C@@H](C)C=C1. The zero-order chi connectivity index (χ0) is 26.1. The van der Waals surface area contributed by atoms with Crippen LogP contribution in [-0.2, 0) is 4.79 Å². The van der Waals surface area contributed by atoms with Crippen LogP contribution in [-0.4, -0.2) is 26.6 Å². The van der Waals surface area contributed by atoms with E-state index in [0.29, 0.717) is 28.6 Å². The molecule has 1 aliphatic carbocycles. The smallest absolute Gasteiger partial charge is 0.226 e. The molecule has 1 amide bonds. The number of carbonyl (C=O) groups excluding carboxylic acids is 1. The van der Waals surface area contributed by atoms with Gasteiger partial charge in [-0.25, -0.2) is 9.97 Å². The van der Waals surface area contributed by atoms with Crippen molar-refractivity contribution >= 4 is 33.9 Å². The monoisotopic (exact) mass is 492 g/mol. The molecule has 1 atom stereocenters. The van der Waals surface area contributed by atoms with Crippen molar-refractivity contribution in [3.8, 4) is 11.1 Å². The number of carbonyl (C=O) groups is 1. The number of rotatable bonds is 6. The summed E-state index contributed by atoms with van der Waals surface area (Å²) in [7, 11) is 0. The highest BCUT2D eigenvalue weighted by atomic mass is 16.3. The molecule has 8 nitrogen and oxygen atoms in total. The molecule has 0 spiro atoms. The molecule has 5 N–H and O–H groups in total. The lowest BCUT2D eigenvalue weighted by Crippen LogP contribution is -2.26. The van der Waals surface area contributed by atoms with Crippen LogP contribution in [0.2, 0.25) is 0 Å². The zero-order valence-corrected chi connectivity index (χ0v) is 20.9. The Hall–Kier alpha value is -4.72. The first-order chi connectivity index (χ1) is 17.8. The number of imidazole rings is 1. The standard InChI is InChI=1S/C29H28N6O2/c1-16(2)29(36)32-20-8-7-17(3)13-19(14-20)23-10-9-22(30)27(33-23)25(31)28-34-24-6-4-5-21(26(24)35-28)18-11-12-37-15-18/h4-17,31H,30H2,1-3H3,(H,32,36)(H,34,35)/t17-/m0/s1. The van der Waals surface area contributed by atoms with Gasteiger partial charge in [0, 0.05) is 22.7 Å². The van der Waals surface area contributed by atoms with E-state index in [0.717, 1.165) is 27.7 Å². The fourth-order valence-electron chi connectivity index (χ4n) is 4.13. The number of hydrogen-bond acceptors (Lipinski definition) is 6. The fourth-order valence-corrected chi connectivity index (χ4v) is 4.13. The number of fused-ring (bicyclic) bond motifs is 1. The molecule has 0 radical (unpaired) electrons. The maximum atomic E-state index is 12.3. The third kappa shape index (κ3) is 4.86. The molecule has 3 heterocycles. The molecular weight excluding hydrogens is 464 g/mol. The molecule has 4 aromatic rings. The number of amides is 1. The lowest BCUT2D eigenvalue weighted by Gasteiger charge is -2.11. The maximum Gasteiger partial charge on any atom is 0.226 e. The quantitative estimate of drug-likeness (QED) is 0.265. The van der Waals surface area contributed by atoms with Crippen molar-refractivity contribution < 1.29 is 9.21 Å². The second kappa shape index (κ2) is 9.73. The summed E-state index contributed by atoms with van der Waals surface area (Å²) in [5, 5.41) is 11.9. The lowest BCUT2D eigenvalue weighted by molar-refractivity contribution is -0.123. The number of nitrogen functional groups attached to an aromatic ring is 1. The van der Waals surface area contributed by atoms with Gasteiger partial charge in [0.25, 0.3) is 0 Å². The maximum absolute atomic E-state index is 12.3. The molecular formula is C29H28N6O2. The number of H-pyrrole nitrogens is 1. The zero-order valence-electron chi connectivity index (χ0n) is 20.9. The van der Waals surface area contributed by atoms with Gasteiger partial charge in [0.2, 0.25) is 5.91 Å². The summed E-state index contributed by atoms with van der Waals surface area (Å²) in [5.74, 6) is 0.297. The Balaban J connectivity index is 1.51. The van der Waals surface area contributed by atoms with Crippen LogP contribution in [0.1, 0.15) is 38.0 Å². The van der Waals surface area contributed by atoms with Crippen LogP contribution < -0.4 is 11.1 Å². The van der Waals surface area contributed by atoms with E-state index in [2.05, 4.69) is 23.3 Å². The molecule has 186 valence electrons. The van der Waals surface area contributed by atoms with Crippen molar-refractivity contribution in [2.24, 2.45) is 11.8 Å². The number of nitrogens with zero attached hydrogens (tertiary/aromatic N) is 2. The highest BCUT2D eigenvalue weighted by Crippen LogP contribution is 2.29. The number of aromatic amines is 1. The van der Waals surface area contributed by atoms with Crippen molar-refractivity contribution in [1.82, 2.24) is 20.3 Å². The average molecular weight is 493 g/mol. The van der Waals surface area contributed by atoms with E-state index in [1.807, 2.05) is 62.4 Å². The number of anilines is 1. The summed E-state index contributed by atoms with van der Waals surface area (Å²) >= 11 is 0. The lowest BCUT2D eigenvalue weighted by atomic mass is 10.0. The molecule has 37 heavy (non-hydrogen) atoms. The highest BCUT2D eigenvalue weighted by Gasteiger charge is 2.19. The summed E-state index contributed by atoms with van der Waals surface area (Å²) in [4.78, 5) is 25.0. The van der Waals surface area contributed by atoms with Crippen molar-refractivity contribution in [3.05, 3.63) is 96.1 Å². The van der Waals surface area contributed by atoms with Crippen molar-refractivity contribution in [2.75, 3.05) is 5.73 Å². The minimum atomic E-state index is -0.137. The van der Waals surface area contributed by atoms with Crippen LogP contribution in [0.3, 0.4) is 0 Å². The van der Waals surface area contributed by atoms with Gasteiger partial charge in [0.1, 0.15) is 11.4 Å². The number of allylic oxidation sites excluding steroid dienone is 5. The van der Waals surface area contributed by atoms with E-state index >= 15 is 0 Å². The Kier molecular flexibility index (Phi) is 6.31. The van der Waals surface area contributed by atoms with Gasteiger partial charge in [-0.2, -0.15) is 0 Å². The fraction of sp³-hybridized carbons (Fsp3) is 0.172. The van der Waals surface area contributed by atoms with Gasteiger partial charge in [0.05, 0.1) is 34.9 Å². The van der Waals surface area contributed by atoms with Crippen LogP contribution in [0.4, 0.5) is 5.69 Å². The van der Waals surface area contributed by atoms with Crippen LogP contribution >= 0.6 is 0 Å². The summed E-state index contributed by atoms with van der Waals surface area (Å²) < 4.78 is 5.24. The molecule has 0 unspecified atom stereocenters. The molecule has 0 aliphatic heterocycles. The Morgan fingerprint density at radius 3 is 2.78 bits per heavy atom. The highest BCUT2D eigenvalue weighted by molar-refractivity contribution is 6.12. The topological polar surface area (TPSA) is 134 Å². The number of furan rings is 1. The number of nitrogens with one attached hydrogen (secondary N) is 3. The van der Waals surface area contributed by atoms with Crippen molar-refractivity contribution in [3.63, 3.8) is 0 Å².